The smallest absolute Gasteiger partial charge is 0.191 e. The van der Waals surface area contributed by atoms with Gasteiger partial charge in [0, 0.05) is 44.1 Å². The number of benzene rings is 3. The number of ketones is 2. The van der Waals surface area contributed by atoms with Gasteiger partial charge in [-0.1, -0.05) is 47.1 Å². The fraction of sp³-hybridized carbons (Fsp3) is 0.120. The van der Waals surface area contributed by atoms with E-state index in [1.807, 2.05) is 24.3 Å². The van der Waals surface area contributed by atoms with E-state index in [4.69, 9.17) is 23.2 Å². The first-order valence-electron chi connectivity index (χ1n) is 9.89. The molecule has 0 amide bonds. The molecule has 31 heavy (non-hydrogen) atoms. The Morgan fingerprint density at radius 3 is 2.13 bits per heavy atom. The van der Waals surface area contributed by atoms with E-state index in [2.05, 4.69) is 4.90 Å². The van der Waals surface area contributed by atoms with Gasteiger partial charge in [0.15, 0.2) is 11.6 Å². The Balaban J connectivity index is 1.55. The number of rotatable bonds is 4. The number of nitrogens with zero attached hydrogens (tertiary/aromatic N) is 1. The summed E-state index contributed by atoms with van der Waals surface area (Å²) in [6.45, 7) is 0.540. The van der Waals surface area contributed by atoms with Crippen LogP contribution in [0.5, 0.6) is 0 Å². The number of para-hydroxylation sites is 1. The van der Waals surface area contributed by atoms with E-state index in [0.29, 0.717) is 39.7 Å². The van der Waals surface area contributed by atoms with Crippen LogP contribution in [-0.2, 0) is 0 Å². The van der Waals surface area contributed by atoms with Crippen LogP contribution in [-0.4, -0.2) is 18.1 Å². The number of hydrogen-bond acceptors (Lipinski definition) is 4. The molecule has 2 heterocycles. The van der Waals surface area contributed by atoms with Crippen molar-refractivity contribution in [3.63, 3.8) is 0 Å². The Morgan fingerprint density at radius 2 is 1.45 bits per heavy atom. The molecule has 2 aliphatic rings. The van der Waals surface area contributed by atoms with Gasteiger partial charge in [-0.05, 0) is 67.1 Å². The third-order valence-corrected chi connectivity index (χ3v) is 7.33. The maximum atomic E-state index is 13.5. The molecule has 3 aromatic carbocycles. The van der Waals surface area contributed by atoms with Crippen LogP contribution in [0.25, 0.3) is 0 Å². The topological polar surface area (TPSA) is 37.4 Å². The minimum absolute atomic E-state index is 0.0199. The quantitative estimate of drug-likeness (QED) is 0.392. The summed E-state index contributed by atoms with van der Waals surface area (Å²) >= 11 is 13.6. The number of thioether (sulfide) groups is 1. The number of anilines is 1. The van der Waals surface area contributed by atoms with Crippen molar-refractivity contribution in [3.05, 3.63) is 105 Å². The van der Waals surface area contributed by atoms with E-state index in [9.17, 15) is 9.59 Å². The highest BCUT2D eigenvalue weighted by molar-refractivity contribution is 8.03. The average Bonchev–Trinajstić information content (AvgIpc) is 3.17. The fourth-order valence-electron chi connectivity index (χ4n) is 4.05. The summed E-state index contributed by atoms with van der Waals surface area (Å²) in [5, 5.41) is 2.09. The number of hydrogen-bond donors (Lipinski definition) is 0. The number of fused-ring (bicyclic) bond motifs is 3. The van der Waals surface area contributed by atoms with Gasteiger partial charge in [0.2, 0.25) is 0 Å². The molecule has 3 nitrogen and oxygen atoms in total. The molecule has 0 aromatic heterocycles. The maximum Gasteiger partial charge on any atom is 0.191 e. The predicted molar refractivity (Wildman–Crippen MR) is 126 cm³/mol. The van der Waals surface area contributed by atoms with E-state index in [1.54, 1.807) is 60.3 Å². The van der Waals surface area contributed by atoms with Crippen molar-refractivity contribution in [2.24, 2.45) is 5.92 Å². The molecule has 0 N–H and O–H groups in total. The molecule has 0 radical (unpaired) electrons. The highest BCUT2D eigenvalue weighted by Crippen LogP contribution is 2.51. The van der Waals surface area contributed by atoms with Crippen LogP contribution >= 0.6 is 35.0 Å². The van der Waals surface area contributed by atoms with E-state index >= 15 is 0 Å². The van der Waals surface area contributed by atoms with Crippen molar-refractivity contribution in [1.29, 1.82) is 0 Å². The molecule has 1 atom stereocenters. The molecular formula is C25H17Cl2NO2S. The lowest BCUT2D eigenvalue weighted by Crippen LogP contribution is -2.37. The van der Waals surface area contributed by atoms with Gasteiger partial charge in [-0.15, -0.1) is 0 Å². The van der Waals surface area contributed by atoms with Gasteiger partial charge in [0.05, 0.1) is 10.7 Å². The van der Waals surface area contributed by atoms with Crippen LogP contribution in [0.4, 0.5) is 5.69 Å². The molecule has 0 bridgehead atoms. The first-order valence-corrected chi connectivity index (χ1v) is 11.5. The van der Waals surface area contributed by atoms with Gasteiger partial charge < -0.3 is 4.90 Å². The lowest BCUT2D eigenvalue weighted by molar-refractivity contribution is 0.0915. The van der Waals surface area contributed by atoms with Crippen LogP contribution < -0.4 is 4.90 Å². The zero-order chi connectivity index (χ0) is 21.5. The molecule has 0 fully saturated rings. The van der Waals surface area contributed by atoms with Crippen LogP contribution in [0.2, 0.25) is 10.0 Å². The van der Waals surface area contributed by atoms with Crippen molar-refractivity contribution >= 4 is 52.2 Å². The highest BCUT2D eigenvalue weighted by atomic mass is 35.5. The van der Waals surface area contributed by atoms with Crippen molar-refractivity contribution in [3.8, 4) is 0 Å². The zero-order valence-corrected chi connectivity index (χ0v) is 18.7. The van der Waals surface area contributed by atoms with Gasteiger partial charge >= 0.3 is 0 Å². The van der Waals surface area contributed by atoms with Crippen LogP contribution in [0, 0.1) is 5.92 Å². The first kappa shape index (κ1) is 20.4. The molecule has 5 rings (SSSR count). The van der Waals surface area contributed by atoms with Gasteiger partial charge in [-0.25, -0.2) is 0 Å². The number of halogens is 2. The molecule has 0 aliphatic carbocycles. The van der Waals surface area contributed by atoms with Crippen molar-refractivity contribution in [1.82, 2.24) is 0 Å². The van der Waals surface area contributed by atoms with Crippen molar-refractivity contribution in [2.75, 3.05) is 11.4 Å². The number of carbonyl (C=O) groups excluding carboxylic acids is 2. The van der Waals surface area contributed by atoms with Gasteiger partial charge in [-0.2, -0.15) is 0 Å². The van der Waals surface area contributed by atoms with Gasteiger partial charge in [0.25, 0.3) is 0 Å². The maximum absolute atomic E-state index is 13.5. The van der Waals surface area contributed by atoms with E-state index in [1.165, 1.54) is 0 Å². The summed E-state index contributed by atoms with van der Waals surface area (Å²) in [6, 6.07) is 21.9. The second-order valence-electron chi connectivity index (χ2n) is 7.57. The molecule has 0 spiro atoms. The third kappa shape index (κ3) is 3.80. The van der Waals surface area contributed by atoms with Crippen molar-refractivity contribution in [2.45, 2.75) is 11.3 Å². The Kier molecular flexibility index (Phi) is 5.39. The monoisotopic (exact) mass is 465 g/mol. The standard InChI is InChI=1S/C25H17Cl2NO2S/c26-18-9-5-15(6-10-18)23(29)17-13-20(24(30)16-7-11-19(27)12-8-16)25-28(14-17)21-3-1-2-4-22(21)31-25/h1-12,17H,13-14H2. The van der Waals surface area contributed by atoms with E-state index in [0.717, 1.165) is 15.6 Å². The Morgan fingerprint density at radius 1 is 0.839 bits per heavy atom. The van der Waals surface area contributed by atoms with Crippen LogP contribution in [0.15, 0.2) is 88.3 Å². The lowest BCUT2D eigenvalue weighted by atomic mass is 9.85. The molecule has 2 aliphatic heterocycles. The minimum Gasteiger partial charge on any atom is -0.334 e. The lowest BCUT2D eigenvalue weighted by Gasteiger charge is -2.32. The molecule has 3 aromatic rings. The Hall–Kier alpha value is -2.53. The first-order chi connectivity index (χ1) is 15.0. The Labute approximate surface area is 194 Å². The molecule has 154 valence electrons. The van der Waals surface area contributed by atoms with Crippen molar-refractivity contribution < 1.29 is 9.59 Å². The minimum atomic E-state index is -0.331. The summed E-state index contributed by atoms with van der Waals surface area (Å²) in [4.78, 5) is 30.0. The number of Topliss-reactive ketones (excluding diaryl/α,β-unsaturated/α-hetero) is 2. The molecular weight excluding hydrogens is 449 g/mol. The average molecular weight is 466 g/mol. The van der Waals surface area contributed by atoms with E-state index < -0.39 is 0 Å². The largest absolute Gasteiger partial charge is 0.334 e. The number of allylic oxidation sites excluding steroid dienone is 1. The summed E-state index contributed by atoms with van der Waals surface area (Å²) < 4.78 is 0. The van der Waals surface area contributed by atoms with Crippen LogP contribution in [0.1, 0.15) is 27.1 Å². The Bertz CT molecular complexity index is 1220. The van der Waals surface area contributed by atoms with Crippen LogP contribution in [0.3, 0.4) is 0 Å². The SMILES string of the molecule is O=C(C1=C2Sc3ccccc3N2CC(C(=O)c2ccc(Cl)cc2)C1)c1ccc(Cl)cc1. The predicted octanol–water partition coefficient (Wildman–Crippen LogP) is 6.90. The summed E-state index contributed by atoms with van der Waals surface area (Å²) in [5.41, 5.74) is 2.89. The second kappa shape index (κ2) is 8.19. The molecule has 6 heteroatoms. The third-order valence-electron chi connectivity index (χ3n) is 5.60. The fourth-order valence-corrected chi connectivity index (χ4v) is 5.52. The molecule has 0 saturated heterocycles. The summed E-state index contributed by atoms with van der Waals surface area (Å²) in [7, 11) is 0. The second-order valence-corrected chi connectivity index (χ2v) is 9.48. The number of carbonyl (C=O) groups is 2. The highest BCUT2D eigenvalue weighted by Gasteiger charge is 2.39. The molecule has 1 unspecified atom stereocenters. The normalized spacial score (nSPS) is 17.4. The summed E-state index contributed by atoms with van der Waals surface area (Å²) in [5.74, 6) is -0.375. The van der Waals surface area contributed by atoms with E-state index in [-0.39, 0.29) is 17.5 Å². The molecule has 0 saturated carbocycles. The summed E-state index contributed by atoms with van der Waals surface area (Å²) in [6.07, 6.45) is 0.399. The zero-order valence-electron chi connectivity index (χ0n) is 16.3. The van der Waals surface area contributed by atoms with Gasteiger partial charge in [0.1, 0.15) is 0 Å². The van der Waals surface area contributed by atoms with Gasteiger partial charge in [-0.3, -0.25) is 9.59 Å².